The van der Waals surface area contributed by atoms with E-state index in [2.05, 4.69) is 0 Å². The highest BCUT2D eigenvalue weighted by Gasteiger charge is 2.63. The number of rotatable bonds is 2. The van der Waals surface area contributed by atoms with Gasteiger partial charge in [0.25, 0.3) is 6.04 Å². The quantitative estimate of drug-likeness (QED) is 0.623. The molecule has 5 unspecified atom stereocenters. The van der Waals surface area contributed by atoms with E-state index in [0.29, 0.717) is 0 Å². The number of aliphatic hydroxyl groups excluding tert-OH is 1. The number of furan rings is 1. The lowest BCUT2D eigenvalue weighted by Gasteiger charge is -2.47. The Morgan fingerprint density at radius 2 is 2.00 bits per heavy atom. The van der Waals surface area contributed by atoms with Gasteiger partial charge in [-0.2, -0.15) is 0 Å². The highest BCUT2D eigenvalue weighted by atomic mass is 16.7. The second-order valence-corrected chi connectivity index (χ2v) is 5.69. The maximum Gasteiger partial charge on any atom is 0.254 e. The number of fused-ring (bicyclic) bond motifs is 2. The molecule has 1 N–H and O–H groups in total. The van der Waals surface area contributed by atoms with Crippen LogP contribution in [0.1, 0.15) is 25.5 Å². The Balaban J connectivity index is 2.09. The smallest absolute Gasteiger partial charge is 0.254 e. The topological polar surface area (TPSA) is 112 Å². The molecule has 8 heteroatoms. The Morgan fingerprint density at radius 1 is 1.33 bits per heavy atom. The number of ketones is 1. The summed E-state index contributed by atoms with van der Waals surface area (Å²) in [5.41, 5.74) is 0. The van der Waals surface area contributed by atoms with E-state index in [1.54, 1.807) is 19.9 Å². The van der Waals surface area contributed by atoms with Gasteiger partial charge in [-0.25, -0.2) is 0 Å². The van der Waals surface area contributed by atoms with Crippen molar-refractivity contribution in [3.63, 3.8) is 0 Å². The molecule has 1 aliphatic carbocycles. The molecule has 2 fully saturated rings. The first kappa shape index (κ1) is 14.2. The third-order valence-corrected chi connectivity index (χ3v) is 3.85. The number of Topliss-reactive ketones (excluding diaryl/α,β-unsaturated/α-hetero) is 1. The number of carbonyl (C=O) groups is 1. The summed E-state index contributed by atoms with van der Waals surface area (Å²) in [6.07, 6.45) is -2.54. The predicted octanol–water partition coefficient (Wildman–Crippen LogP) is 0.472. The van der Waals surface area contributed by atoms with Crippen LogP contribution >= 0.6 is 0 Å². The van der Waals surface area contributed by atoms with Gasteiger partial charge in [0.05, 0.1) is 6.26 Å². The Hall–Kier alpha value is -1.77. The Labute approximate surface area is 119 Å². The highest BCUT2D eigenvalue weighted by Crippen LogP contribution is 2.42. The molecule has 1 saturated heterocycles. The van der Waals surface area contributed by atoms with E-state index in [4.69, 9.17) is 13.9 Å². The molecule has 1 aliphatic heterocycles. The number of nitrogens with zero attached hydrogens (tertiary/aromatic N) is 1. The van der Waals surface area contributed by atoms with E-state index in [1.165, 1.54) is 12.3 Å². The fourth-order valence-corrected chi connectivity index (χ4v) is 3.03. The fourth-order valence-electron chi connectivity index (χ4n) is 3.03. The number of nitro groups is 1. The molecule has 8 nitrogen and oxygen atoms in total. The summed E-state index contributed by atoms with van der Waals surface area (Å²) in [5, 5.41) is 21.6. The molecule has 1 aromatic rings. The van der Waals surface area contributed by atoms with Gasteiger partial charge in [-0.3, -0.25) is 14.9 Å². The van der Waals surface area contributed by atoms with Crippen molar-refractivity contribution in [2.45, 2.75) is 49.9 Å². The van der Waals surface area contributed by atoms with Crippen molar-refractivity contribution in [1.82, 2.24) is 0 Å². The molecule has 1 saturated carbocycles. The first-order valence-corrected chi connectivity index (χ1v) is 6.56. The van der Waals surface area contributed by atoms with Gasteiger partial charge in [0.2, 0.25) is 0 Å². The van der Waals surface area contributed by atoms with Crippen molar-refractivity contribution >= 4 is 5.78 Å². The normalized spacial score (nSPS) is 38.2. The third-order valence-electron chi connectivity index (χ3n) is 3.85. The summed E-state index contributed by atoms with van der Waals surface area (Å²) < 4.78 is 16.2. The monoisotopic (exact) mass is 297 g/mol. The Bertz CT molecular complexity index is 567. The Kier molecular flexibility index (Phi) is 3.12. The molecule has 1 aromatic heterocycles. The highest BCUT2D eigenvalue weighted by molar-refractivity contribution is 5.90. The average Bonchev–Trinajstić information content (AvgIpc) is 2.89. The summed E-state index contributed by atoms with van der Waals surface area (Å²) in [5.74, 6) is -2.36. The van der Waals surface area contributed by atoms with Crippen LogP contribution in [0.15, 0.2) is 22.8 Å². The minimum Gasteiger partial charge on any atom is -0.469 e. The van der Waals surface area contributed by atoms with E-state index in [9.17, 15) is 20.0 Å². The molecule has 0 aromatic carbocycles. The second kappa shape index (κ2) is 4.62. The lowest BCUT2D eigenvalue weighted by molar-refractivity contribution is -0.551. The van der Waals surface area contributed by atoms with Gasteiger partial charge in [-0.05, 0) is 26.0 Å². The van der Waals surface area contributed by atoms with Gasteiger partial charge in [-0.1, -0.05) is 0 Å². The van der Waals surface area contributed by atoms with Gasteiger partial charge in [0, 0.05) is 4.92 Å². The largest absolute Gasteiger partial charge is 0.469 e. The zero-order valence-corrected chi connectivity index (χ0v) is 11.5. The maximum atomic E-state index is 12.3. The molecular weight excluding hydrogens is 282 g/mol. The first-order chi connectivity index (χ1) is 9.82. The van der Waals surface area contributed by atoms with E-state index in [1.807, 2.05) is 0 Å². The van der Waals surface area contributed by atoms with E-state index in [-0.39, 0.29) is 5.76 Å². The number of carbonyl (C=O) groups excluding carboxylic acids is 1. The SMILES string of the molecule is CC1(C)OC2C(=O)C(O1)C(c1ccco1)C([N+](=O)[O-])C2O. The van der Waals surface area contributed by atoms with Crippen LogP contribution in [0, 0.1) is 10.1 Å². The first-order valence-electron chi connectivity index (χ1n) is 6.56. The van der Waals surface area contributed by atoms with Crippen molar-refractivity contribution < 1.29 is 28.7 Å². The van der Waals surface area contributed by atoms with Gasteiger partial charge >= 0.3 is 0 Å². The van der Waals surface area contributed by atoms with Crippen molar-refractivity contribution in [2.24, 2.45) is 0 Å². The molecule has 21 heavy (non-hydrogen) atoms. The zero-order valence-electron chi connectivity index (χ0n) is 11.5. The van der Waals surface area contributed by atoms with Crippen LogP contribution in [0.25, 0.3) is 0 Å². The van der Waals surface area contributed by atoms with Crippen molar-refractivity contribution in [3.05, 3.63) is 34.3 Å². The number of hydrogen-bond donors (Lipinski definition) is 1. The van der Waals surface area contributed by atoms with Crippen LogP contribution in [-0.2, 0) is 14.3 Å². The maximum absolute atomic E-state index is 12.3. The Morgan fingerprint density at radius 3 is 2.57 bits per heavy atom. The fraction of sp³-hybridized carbons (Fsp3) is 0.615. The van der Waals surface area contributed by atoms with E-state index >= 15 is 0 Å². The van der Waals surface area contributed by atoms with E-state index < -0.39 is 46.8 Å². The molecule has 2 heterocycles. The molecule has 3 rings (SSSR count). The minimum atomic E-state index is -1.55. The van der Waals surface area contributed by atoms with Crippen LogP contribution in [0.3, 0.4) is 0 Å². The lowest BCUT2D eigenvalue weighted by atomic mass is 9.75. The average molecular weight is 297 g/mol. The second-order valence-electron chi connectivity index (χ2n) is 5.69. The van der Waals surface area contributed by atoms with Gasteiger partial charge in [-0.15, -0.1) is 0 Å². The van der Waals surface area contributed by atoms with Crippen LogP contribution in [0.2, 0.25) is 0 Å². The van der Waals surface area contributed by atoms with E-state index in [0.717, 1.165) is 0 Å². The zero-order chi connectivity index (χ0) is 15.4. The minimum absolute atomic E-state index is 0.241. The van der Waals surface area contributed by atoms with Gasteiger partial charge in [0.15, 0.2) is 23.8 Å². The molecule has 2 bridgehead atoms. The molecule has 114 valence electrons. The molecule has 5 atom stereocenters. The molecule has 0 spiro atoms. The summed E-state index contributed by atoms with van der Waals surface area (Å²) in [6, 6.07) is 1.67. The lowest BCUT2D eigenvalue weighted by Crippen LogP contribution is -2.67. The van der Waals surface area contributed by atoms with Gasteiger partial charge in [0.1, 0.15) is 17.8 Å². The number of hydrogen-bond acceptors (Lipinski definition) is 7. The summed E-state index contributed by atoms with van der Waals surface area (Å²) in [4.78, 5) is 23.0. The van der Waals surface area contributed by atoms with Gasteiger partial charge < -0.3 is 19.0 Å². The van der Waals surface area contributed by atoms with Crippen molar-refractivity contribution in [1.29, 1.82) is 0 Å². The van der Waals surface area contributed by atoms with Crippen LogP contribution < -0.4 is 0 Å². The van der Waals surface area contributed by atoms with Crippen LogP contribution in [0.5, 0.6) is 0 Å². The molecule has 0 radical (unpaired) electrons. The summed E-state index contributed by atoms with van der Waals surface area (Å²) >= 11 is 0. The molecular formula is C13H15NO7. The van der Waals surface area contributed by atoms with Crippen LogP contribution in [-0.4, -0.2) is 46.0 Å². The molecule has 0 amide bonds. The van der Waals surface area contributed by atoms with Crippen molar-refractivity contribution in [2.75, 3.05) is 0 Å². The van der Waals surface area contributed by atoms with Crippen molar-refractivity contribution in [3.8, 4) is 0 Å². The standard InChI is InChI=1S/C13H15NO7/c1-13(2)20-11-7(6-4-3-5-19-6)8(14(17)18)9(15)12(21-13)10(11)16/h3-5,7-9,11-12,15H,1-2H3. The third kappa shape index (κ3) is 2.15. The number of ether oxygens (including phenoxy) is 2. The number of aliphatic hydroxyl groups is 1. The van der Waals surface area contributed by atoms with Crippen LogP contribution in [0.4, 0.5) is 0 Å². The predicted molar refractivity (Wildman–Crippen MR) is 67.1 cm³/mol. The summed E-state index contributed by atoms with van der Waals surface area (Å²) in [6.45, 7) is 3.19. The molecule has 2 aliphatic rings. The summed E-state index contributed by atoms with van der Waals surface area (Å²) in [7, 11) is 0.